The molecule has 0 heterocycles. The Balaban J connectivity index is 2.81. The van der Waals surface area contributed by atoms with Crippen molar-refractivity contribution in [2.45, 2.75) is 25.2 Å². The van der Waals surface area contributed by atoms with Crippen LogP contribution in [0.3, 0.4) is 0 Å². The van der Waals surface area contributed by atoms with Gasteiger partial charge in [-0.05, 0) is 41.1 Å². The maximum Gasteiger partial charge on any atom is 0.159 e. The summed E-state index contributed by atoms with van der Waals surface area (Å²) in [7, 11) is 3.23. The number of ether oxygens (including phenoxy) is 2. The highest BCUT2D eigenvalue weighted by atomic mass is 79.9. The largest absolute Gasteiger partial charge is 0.378 e. The molecule has 0 aromatic heterocycles. The van der Waals surface area contributed by atoms with Crippen LogP contribution in [0.2, 0.25) is 5.02 Å². The maximum atomic E-state index is 6.08. The number of benzene rings is 1. The van der Waals surface area contributed by atoms with Crippen molar-refractivity contribution in [3.05, 3.63) is 27.7 Å². The Labute approximate surface area is 127 Å². The van der Waals surface area contributed by atoms with E-state index in [9.17, 15) is 0 Å². The Kier molecular flexibility index (Phi) is 6.56. The monoisotopic (exact) mass is 350 g/mol. The first-order valence-electron chi connectivity index (χ1n) is 5.93. The fraction of sp³-hybridized carbons (Fsp3) is 0.538. The molecule has 3 N–H and O–H groups in total. The van der Waals surface area contributed by atoms with Crippen LogP contribution in [0.1, 0.15) is 13.3 Å². The Morgan fingerprint density at radius 3 is 2.53 bits per heavy atom. The van der Waals surface area contributed by atoms with E-state index in [4.69, 9.17) is 26.8 Å². The average molecular weight is 352 g/mol. The lowest BCUT2D eigenvalue weighted by molar-refractivity contribution is -0.113. The topological polar surface area (TPSA) is 56.5 Å². The van der Waals surface area contributed by atoms with Crippen LogP contribution in [0.4, 0.5) is 5.69 Å². The number of nitrogens with one attached hydrogen (secondary N) is 1. The van der Waals surface area contributed by atoms with E-state index in [-0.39, 0.29) is 11.8 Å². The van der Waals surface area contributed by atoms with Crippen molar-refractivity contribution < 1.29 is 9.47 Å². The minimum Gasteiger partial charge on any atom is -0.378 e. The summed E-state index contributed by atoms with van der Waals surface area (Å²) in [5, 5.41) is 4.03. The van der Waals surface area contributed by atoms with Crippen LogP contribution in [-0.4, -0.2) is 32.6 Å². The summed E-state index contributed by atoms with van der Waals surface area (Å²) in [5.74, 6) is 0. The van der Waals surface area contributed by atoms with Gasteiger partial charge in [0.1, 0.15) is 0 Å². The number of halogens is 2. The van der Waals surface area contributed by atoms with E-state index in [1.54, 1.807) is 14.2 Å². The highest BCUT2D eigenvalue weighted by Gasteiger charge is 2.27. The molecule has 1 rings (SSSR count). The first kappa shape index (κ1) is 16.7. The first-order valence-corrected chi connectivity index (χ1v) is 7.10. The molecule has 19 heavy (non-hydrogen) atoms. The number of hydrogen-bond donors (Lipinski definition) is 2. The molecule has 0 saturated carbocycles. The minimum atomic E-state index is -0.339. The first-order chi connectivity index (χ1) is 8.94. The van der Waals surface area contributed by atoms with Crippen molar-refractivity contribution in [1.82, 2.24) is 0 Å². The zero-order valence-electron chi connectivity index (χ0n) is 11.4. The molecule has 0 aliphatic carbocycles. The molecule has 0 fully saturated rings. The van der Waals surface area contributed by atoms with Crippen molar-refractivity contribution in [3.63, 3.8) is 0 Å². The second-order valence-electron chi connectivity index (χ2n) is 4.62. The normalized spacial score (nSPS) is 14.5. The van der Waals surface area contributed by atoms with Gasteiger partial charge in [0.2, 0.25) is 0 Å². The van der Waals surface area contributed by atoms with Crippen molar-refractivity contribution in [1.29, 1.82) is 0 Å². The number of nitrogens with two attached hydrogens (primary N) is 1. The number of rotatable bonds is 7. The summed E-state index contributed by atoms with van der Waals surface area (Å²) in [6.45, 7) is 2.47. The summed E-state index contributed by atoms with van der Waals surface area (Å²) in [6.07, 6.45) is 0.330. The lowest BCUT2D eigenvalue weighted by atomic mass is 9.97. The van der Waals surface area contributed by atoms with E-state index in [0.29, 0.717) is 18.0 Å². The van der Waals surface area contributed by atoms with Crippen molar-refractivity contribution in [2.75, 3.05) is 26.1 Å². The van der Waals surface area contributed by atoms with Gasteiger partial charge in [0.25, 0.3) is 0 Å². The highest BCUT2D eigenvalue weighted by Crippen LogP contribution is 2.28. The van der Waals surface area contributed by atoms with Gasteiger partial charge in [-0.15, -0.1) is 0 Å². The molecule has 108 valence electrons. The van der Waals surface area contributed by atoms with Crippen LogP contribution in [0.15, 0.2) is 22.7 Å². The highest BCUT2D eigenvalue weighted by molar-refractivity contribution is 9.10. The summed E-state index contributed by atoms with van der Waals surface area (Å²) in [4.78, 5) is 0. The molecule has 0 saturated heterocycles. The van der Waals surface area contributed by atoms with Gasteiger partial charge in [-0.25, -0.2) is 0 Å². The Morgan fingerprint density at radius 1 is 1.42 bits per heavy atom. The predicted octanol–water partition coefficient (Wildman–Crippen LogP) is 3.24. The van der Waals surface area contributed by atoms with Crippen molar-refractivity contribution in [3.8, 4) is 0 Å². The van der Waals surface area contributed by atoms with Gasteiger partial charge < -0.3 is 20.5 Å². The Morgan fingerprint density at radius 2 is 2.05 bits per heavy atom. The van der Waals surface area contributed by atoms with Crippen LogP contribution >= 0.6 is 27.5 Å². The summed E-state index contributed by atoms with van der Waals surface area (Å²) in [5.41, 5.74) is 6.43. The zero-order valence-corrected chi connectivity index (χ0v) is 13.7. The lowest BCUT2D eigenvalue weighted by Crippen LogP contribution is -2.45. The third-order valence-electron chi connectivity index (χ3n) is 2.96. The van der Waals surface area contributed by atoms with Gasteiger partial charge in [-0.2, -0.15) is 0 Å². The van der Waals surface area contributed by atoms with Gasteiger partial charge in [0, 0.05) is 37.3 Å². The van der Waals surface area contributed by atoms with E-state index < -0.39 is 0 Å². The Hall–Kier alpha value is -0.330. The fourth-order valence-electron chi connectivity index (χ4n) is 1.74. The van der Waals surface area contributed by atoms with Crippen LogP contribution < -0.4 is 11.1 Å². The Bertz CT molecular complexity index is 416. The molecule has 4 nitrogen and oxygen atoms in total. The van der Waals surface area contributed by atoms with E-state index in [2.05, 4.69) is 21.2 Å². The minimum absolute atomic E-state index is 0.299. The molecular formula is C13H20BrClN2O2. The molecule has 0 bridgehead atoms. The van der Waals surface area contributed by atoms with Gasteiger partial charge in [0.15, 0.2) is 6.29 Å². The number of methoxy groups -OCH3 is 2. The quantitative estimate of drug-likeness (QED) is 0.741. The molecule has 0 aliphatic heterocycles. The van der Waals surface area contributed by atoms with Gasteiger partial charge in [-0.3, -0.25) is 0 Å². The van der Waals surface area contributed by atoms with E-state index in [1.807, 2.05) is 25.1 Å². The van der Waals surface area contributed by atoms with Crippen LogP contribution in [-0.2, 0) is 9.47 Å². The summed E-state index contributed by atoms with van der Waals surface area (Å²) < 4.78 is 11.3. The van der Waals surface area contributed by atoms with Crippen molar-refractivity contribution >= 4 is 33.2 Å². The number of hydrogen-bond acceptors (Lipinski definition) is 4. The van der Waals surface area contributed by atoms with E-state index in [1.165, 1.54) is 0 Å². The molecule has 0 aliphatic rings. The molecule has 0 amide bonds. The number of anilines is 1. The van der Waals surface area contributed by atoms with Crippen LogP contribution in [0.5, 0.6) is 0 Å². The second kappa shape index (κ2) is 7.45. The summed E-state index contributed by atoms with van der Waals surface area (Å²) in [6, 6.07) is 5.69. The SMILES string of the molecule is COC(CC(C)(CN)Nc1ccc(Br)c(Cl)c1)OC. The molecule has 1 aromatic carbocycles. The predicted molar refractivity (Wildman–Crippen MR) is 82.7 cm³/mol. The molecule has 1 atom stereocenters. The molecular weight excluding hydrogens is 332 g/mol. The van der Waals surface area contributed by atoms with Gasteiger partial charge in [0.05, 0.1) is 10.6 Å². The van der Waals surface area contributed by atoms with Crippen LogP contribution in [0, 0.1) is 0 Å². The lowest BCUT2D eigenvalue weighted by Gasteiger charge is -2.33. The zero-order chi connectivity index (χ0) is 14.5. The van der Waals surface area contributed by atoms with E-state index in [0.717, 1.165) is 10.2 Å². The molecule has 0 radical (unpaired) electrons. The smallest absolute Gasteiger partial charge is 0.159 e. The van der Waals surface area contributed by atoms with Crippen LogP contribution in [0.25, 0.3) is 0 Å². The van der Waals surface area contributed by atoms with E-state index >= 15 is 0 Å². The maximum absolute atomic E-state index is 6.08. The average Bonchev–Trinajstić information content (AvgIpc) is 2.40. The molecule has 0 spiro atoms. The molecule has 1 aromatic rings. The van der Waals surface area contributed by atoms with Gasteiger partial charge >= 0.3 is 0 Å². The fourth-order valence-corrected chi connectivity index (χ4v) is 2.17. The van der Waals surface area contributed by atoms with Gasteiger partial charge in [-0.1, -0.05) is 11.6 Å². The third-order valence-corrected chi connectivity index (χ3v) is 4.19. The standard InChI is InChI=1S/C13H20BrClN2O2/c1-13(8-16,7-12(18-2)19-3)17-9-4-5-10(14)11(15)6-9/h4-6,12,17H,7-8,16H2,1-3H3. The molecule has 1 unspecified atom stereocenters. The molecule has 6 heteroatoms. The third kappa shape index (κ3) is 4.93. The van der Waals surface area contributed by atoms with Crippen molar-refractivity contribution in [2.24, 2.45) is 5.73 Å². The second-order valence-corrected chi connectivity index (χ2v) is 5.89. The summed E-state index contributed by atoms with van der Waals surface area (Å²) >= 11 is 9.44.